The van der Waals surface area contributed by atoms with E-state index in [1.54, 1.807) is 30.3 Å². The van der Waals surface area contributed by atoms with E-state index in [4.69, 9.17) is 4.74 Å². The monoisotopic (exact) mass is 413 g/mol. The predicted octanol–water partition coefficient (Wildman–Crippen LogP) is 4.59. The molecule has 2 aromatic rings. The molecule has 4 nitrogen and oxygen atoms in total. The normalized spacial score (nSPS) is 17.9. The van der Waals surface area contributed by atoms with Crippen LogP contribution in [-0.4, -0.2) is 35.7 Å². The molecule has 0 unspecified atom stereocenters. The molecule has 1 fully saturated rings. The van der Waals surface area contributed by atoms with E-state index in [1.165, 1.54) is 0 Å². The van der Waals surface area contributed by atoms with Crippen LogP contribution >= 0.6 is 0 Å². The lowest BCUT2D eigenvalue weighted by Gasteiger charge is -2.24. The Bertz CT molecular complexity index is 880. The molecule has 2 aromatic carbocycles. The van der Waals surface area contributed by atoms with Crippen molar-refractivity contribution in [2.75, 3.05) is 6.61 Å². The van der Waals surface area contributed by atoms with Crippen molar-refractivity contribution < 1.29 is 36.3 Å². The average molecular weight is 413 g/mol. The molecule has 0 bridgehead atoms. The highest BCUT2D eigenvalue weighted by Gasteiger charge is 2.46. The summed E-state index contributed by atoms with van der Waals surface area (Å²) < 4.78 is 72.2. The van der Waals surface area contributed by atoms with Crippen molar-refractivity contribution in [3.8, 4) is 0 Å². The van der Waals surface area contributed by atoms with E-state index in [1.807, 2.05) is 0 Å². The quantitative estimate of drug-likeness (QED) is 0.674. The average Bonchev–Trinajstić information content (AvgIpc) is 2.99. The number of rotatable bonds is 5. The van der Waals surface area contributed by atoms with Crippen LogP contribution < -0.4 is 0 Å². The summed E-state index contributed by atoms with van der Waals surface area (Å²) in [6, 6.07) is 9.49. The first-order valence-electron chi connectivity index (χ1n) is 8.70. The van der Waals surface area contributed by atoms with Gasteiger partial charge in [0.05, 0.1) is 12.0 Å². The minimum atomic E-state index is -4.95. The van der Waals surface area contributed by atoms with Gasteiger partial charge in [-0.3, -0.25) is 4.79 Å². The summed E-state index contributed by atoms with van der Waals surface area (Å²) in [5, 5.41) is 0. The summed E-state index contributed by atoms with van der Waals surface area (Å²) in [6.07, 6.45) is -6.95. The van der Waals surface area contributed by atoms with Crippen molar-refractivity contribution in [3.05, 3.63) is 71.3 Å². The molecular weight excluding hydrogens is 397 g/mol. The van der Waals surface area contributed by atoms with Gasteiger partial charge in [0.2, 0.25) is 5.91 Å². The minimum absolute atomic E-state index is 0.148. The molecular formula is C20H16F5NO3. The predicted molar refractivity (Wildman–Crippen MR) is 91.9 cm³/mol. The van der Waals surface area contributed by atoms with Gasteiger partial charge in [-0.25, -0.2) is 18.5 Å². The van der Waals surface area contributed by atoms with E-state index in [0.717, 1.165) is 5.56 Å². The lowest BCUT2D eigenvalue weighted by molar-refractivity contribution is -0.160. The van der Waals surface area contributed by atoms with Gasteiger partial charge in [-0.1, -0.05) is 30.3 Å². The van der Waals surface area contributed by atoms with Gasteiger partial charge >= 0.3 is 12.3 Å². The highest BCUT2D eigenvalue weighted by molar-refractivity contribution is 5.94. The topological polar surface area (TPSA) is 46.6 Å². The Morgan fingerprint density at radius 3 is 2.31 bits per heavy atom. The molecule has 0 radical (unpaired) electrons. The van der Waals surface area contributed by atoms with Crippen molar-refractivity contribution in [2.24, 2.45) is 0 Å². The van der Waals surface area contributed by atoms with Gasteiger partial charge in [0.25, 0.3) is 0 Å². The molecule has 0 aromatic heterocycles. The molecule has 0 N–H and O–H groups in total. The SMILES string of the molecule is O=C(C[C@H](c1cc(F)cc(F)c1)C(F)(F)F)N1C(=O)OC[C@@H]1Cc1ccccc1. The number of benzene rings is 2. The molecule has 2 amide bonds. The van der Waals surface area contributed by atoms with Crippen molar-refractivity contribution in [1.29, 1.82) is 0 Å². The molecule has 0 spiro atoms. The highest BCUT2D eigenvalue weighted by atomic mass is 19.4. The Labute approximate surface area is 162 Å². The number of carbonyl (C=O) groups is 2. The van der Waals surface area contributed by atoms with Crippen molar-refractivity contribution in [3.63, 3.8) is 0 Å². The molecule has 3 rings (SSSR count). The van der Waals surface area contributed by atoms with Crippen molar-refractivity contribution >= 4 is 12.0 Å². The van der Waals surface area contributed by atoms with Crippen LogP contribution in [-0.2, 0) is 16.0 Å². The molecule has 0 aliphatic carbocycles. The van der Waals surface area contributed by atoms with Gasteiger partial charge in [-0.2, -0.15) is 13.2 Å². The number of hydrogen-bond acceptors (Lipinski definition) is 3. The highest BCUT2D eigenvalue weighted by Crippen LogP contribution is 2.39. The maximum absolute atomic E-state index is 13.5. The van der Waals surface area contributed by atoms with Crippen LogP contribution in [0.3, 0.4) is 0 Å². The molecule has 1 aliphatic heterocycles. The number of amides is 2. The van der Waals surface area contributed by atoms with Crippen LogP contribution in [0.1, 0.15) is 23.5 Å². The Kier molecular flexibility index (Phi) is 5.86. The van der Waals surface area contributed by atoms with Gasteiger partial charge in [0, 0.05) is 12.5 Å². The summed E-state index contributed by atoms with van der Waals surface area (Å²) in [5.41, 5.74) is 0.0451. The maximum Gasteiger partial charge on any atom is 0.416 e. The van der Waals surface area contributed by atoms with E-state index in [9.17, 15) is 31.5 Å². The maximum atomic E-state index is 13.5. The molecule has 29 heavy (non-hydrogen) atoms. The number of carbonyl (C=O) groups excluding carboxylic acids is 2. The number of halogens is 5. The summed E-state index contributed by atoms with van der Waals surface area (Å²) in [7, 11) is 0. The zero-order chi connectivity index (χ0) is 21.2. The van der Waals surface area contributed by atoms with E-state index < -0.39 is 53.8 Å². The molecule has 2 atom stereocenters. The van der Waals surface area contributed by atoms with E-state index in [0.29, 0.717) is 23.1 Å². The first-order chi connectivity index (χ1) is 13.6. The first-order valence-corrected chi connectivity index (χ1v) is 8.70. The summed E-state index contributed by atoms with van der Waals surface area (Å²) in [5.74, 6) is -5.97. The Morgan fingerprint density at radius 2 is 1.72 bits per heavy atom. The van der Waals surface area contributed by atoms with Crippen LogP contribution in [0.15, 0.2) is 48.5 Å². The Morgan fingerprint density at radius 1 is 1.10 bits per heavy atom. The smallest absolute Gasteiger partial charge is 0.416 e. The number of cyclic esters (lactones) is 1. The second-order valence-electron chi connectivity index (χ2n) is 6.69. The van der Waals surface area contributed by atoms with Gasteiger partial charge in [0.1, 0.15) is 18.2 Å². The van der Waals surface area contributed by atoms with E-state index >= 15 is 0 Å². The molecule has 154 valence electrons. The summed E-state index contributed by atoms with van der Waals surface area (Å²) in [6.45, 7) is -0.148. The Balaban J connectivity index is 1.83. The minimum Gasteiger partial charge on any atom is -0.447 e. The summed E-state index contributed by atoms with van der Waals surface area (Å²) >= 11 is 0. The third-order valence-corrected chi connectivity index (χ3v) is 4.61. The van der Waals surface area contributed by atoms with E-state index in [2.05, 4.69) is 0 Å². The molecule has 0 saturated carbocycles. The van der Waals surface area contributed by atoms with Crippen molar-refractivity contribution in [2.45, 2.75) is 31.0 Å². The number of nitrogens with zero attached hydrogens (tertiary/aromatic N) is 1. The van der Waals surface area contributed by atoms with Crippen LogP contribution in [0, 0.1) is 11.6 Å². The lowest BCUT2D eigenvalue weighted by Crippen LogP contribution is -2.42. The molecule has 9 heteroatoms. The third kappa shape index (κ3) is 4.90. The lowest BCUT2D eigenvalue weighted by atomic mass is 9.93. The van der Waals surface area contributed by atoms with Gasteiger partial charge in [-0.15, -0.1) is 0 Å². The fourth-order valence-corrected chi connectivity index (χ4v) is 3.27. The van der Waals surface area contributed by atoms with Crippen molar-refractivity contribution in [1.82, 2.24) is 4.90 Å². The zero-order valence-electron chi connectivity index (χ0n) is 15.0. The number of alkyl halides is 3. The standard InChI is InChI=1S/C20H16F5NO3/c21-14-7-13(8-15(22)9-14)17(20(23,24)25)10-18(27)26-16(11-29-19(26)28)6-12-4-2-1-3-5-12/h1-5,7-9,16-17H,6,10-11H2/t16-,17+/m0/s1. The zero-order valence-corrected chi connectivity index (χ0v) is 15.0. The number of ether oxygens (including phenoxy) is 1. The largest absolute Gasteiger partial charge is 0.447 e. The summed E-state index contributed by atoms with van der Waals surface area (Å²) in [4.78, 5) is 25.2. The van der Waals surface area contributed by atoms with Gasteiger partial charge in [0.15, 0.2) is 0 Å². The third-order valence-electron chi connectivity index (χ3n) is 4.61. The van der Waals surface area contributed by atoms with Crippen LogP contribution in [0.25, 0.3) is 0 Å². The molecule has 1 aliphatic rings. The van der Waals surface area contributed by atoms with Crippen LogP contribution in [0.4, 0.5) is 26.7 Å². The Hall–Kier alpha value is -2.97. The first kappa shape index (κ1) is 20.8. The second kappa shape index (κ2) is 8.18. The van der Waals surface area contributed by atoms with E-state index in [-0.39, 0.29) is 13.0 Å². The van der Waals surface area contributed by atoms with Gasteiger partial charge < -0.3 is 4.74 Å². The van der Waals surface area contributed by atoms with Gasteiger partial charge in [-0.05, 0) is 29.7 Å². The second-order valence-corrected chi connectivity index (χ2v) is 6.69. The fraction of sp³-hybridized carbons (Fsp3) is 0.300. The molecule has 1 saturated heterocycles. The van der Waals surface area contributed by atoms with Crippen LogP contribution in [0.2, 0.25) is 0 Å². The van der Waals surface area contributed by atoms with Crippen LogP contribution in [0.5, 0.6) is 0 Å². The fourth-order valence-electron chi connectivity index (χ4n) is 3.27. The molecule has 1 heterocycles. The number of imide groups is 1. The number of hydrogen-bond donors (Lipinski definition) is 0.